The van der Waals surface area contributed by atoms with Crippen molar-refractivity contribution in [3.8, 4) is 11.1 Å². The summed E-state index contributed by atoms with van der Waals surface area (Å²) < 4.78 is 2.27. The number of aryl methyl sites for hydroxylation is 2. The Morgan fingerprint density at radius 2 is 1.62 bits per heavy atom. The number of carbonyl (C=O) groups is 1. The zero-order chi connectivity index (χ0) is 22.8. The van der Waals surface area contributed by atoms with Gasteiger partial charge in [-0.3, -0.25) is 0 Å². The van der Waals surface area contributed by atoms with E-state index in [0.29, 0.717) is 12.1 Å². The van der Waals surface area contributed by atoms with Gasteiger partial charge in [-0.15, -0.1) is 0 Å². The van der Waals surface area contributed by atoms with Crippen molar-refractivity contribution >= 4 is 17.0 Å². The van der Waals surface area contributed by atoms with Gasteiger partial charge in [-0.2, -0.15) is 10.2 Å². The van der Waals surface area contributed by atoms with Gasteiger partial charge in [0.1, 0.15) is 11.3 Å². The maximum atomic E-state index is 11.6. The highest BCUT2D eigenvalue weighted by atomic mass is 16.4. The van der Waals surface area contributed by atoms with Gasteiger partial charge in [0.25, 0.3) is 0 Å². The van der Waals surface area contributed by atoms with Gasteiger partial charge in [-0.05, 0) is 35.6 Å². The van der Waals surface area contributed by atoms with Crippen molar-refractivity contribution in [2.75, 3.05) is 0 Å². The number of aromatic nitrogens is 4. The summed E-state index contributed by atoms with van der Waals surface area (Å²) >= 11 is 0. The second-order valence-corrected chi connectivity index (χ2v) is 8.26. The maximum absolute atomic E-state index is 11.6. The van der Waals surface area contributed by atoms with Crippen LogP contribution in [0.2, 0.25) is 0 Å². The van der Waals surface area contributed by atoms with E-state index in [-0.39, 0.29) is 5.92 Å². The lowest BCUT2D eigenvalue weighted by atomic mass is 9.98. The van der Waals surface area contributed by atoms with E-state index in [1.54, 1.807) is 12.1 Å². The van der Waals surface area contributed by atoms with Gasteiger partial charge in [0.15, 0.2) is 0 Å². The lowest BCUT2D eigenvalue weighted by Gasteiger charge is -2.14. The van der Waals surface area contributed by atoms with Gasteiger partial charge >= 0.3 is 5.97 Å². The molecule has 6 nitrogen and oxygen atoms in total. The normalized spacial score (nSPS) is 11.4. The molecule has 0 fully saturated rings. The first kappa shape index (κ1) is 21.7. The van der Waals surface area contributed by atoms with Gasteiger partial charge in [-0.25, -0.2) is 9.78 Å². The van der Waals surface area contributed by atoms with Crippen LogP contribution in [-0.4, -0.2) is 30.8 Å². The van der Waals surface area contributed by atoms with Crippen LogP contribution in [-0.2, 0) is 19.4 Å². The number of nitrogens with zero attached hydrogens (tertiary/aromatic N) is 4. The molecule has 1 N–H and O–H groups in total. The number of fused-ring (bicyclic) bond motifs is 1. The molecule has 0 aliphatic rings. The zero-order valence-corrected chi connectivity index (χ0v) is 19.0. The van der Waals surface area contributed by atoms with Gasteiger partial charge in [0, 0.05) is 12.5 Å². The minimum atomic E-state index is -0.920. The second kappa shape index (κ2) is 8.91. The Bertz CT molecular complexity index is 1270. The molecule has 6 heteroatoms. The standard InChI is InChI=1S/C26H28N4O2/c1-5-21-23-24(22(6-2)29-28-21)30(25(27-23)16(3)4)15-17-11-13-18(14-12-17)19-9-7-8-10-20(19)26(31)32/h7-14,16H,5-6,15H2,1-4H3,(H,31,32). The molecule has 4 rings (SSSR count). The van der Waals surface area contributed by atoms with E-state index in [1.807, 2.05) is 24.3 Å². The number of hydrogen-bond donors (Lipinski definition) is 1. The number of hydrogen-bond acceptors (Lipinski definition) is 4. The Morgan fingerprint density at radius 3 is 2.25 bits per heavy atom. The fourth-order valence-electron chi connectivity index (χ4n) is 4.15. The second-order valence-electron chi connectivity index (χ2n) is 8.26. The molecule has 0 saturated heterocycles. The third-order valence-electron chi connectivity index (χ3n) is 5.78. The van der Waals surface area contributed by atoms with Crippen molar-refractivity contribution in [3.63, 3.8) is 0 Å². The molecule has 0 aliphatic heterocycles. The molecular formula is C26H28N4O2. The van der Waals surface area contributed by atoms with Crippen LogP contribution in [0.25, 0.3) is 22.2 Å². The van der Waals surface area contributed by atoms with E-state index in [2.05, 4.69) is 54.6 Å². The highest BCUT2D eigenvalue weighted by Gasteiger charge is 2.20. The molecule has 0 aliphatic carbocycles. The molecule has 0 saturated carbocycles. The van der Waals surface area contributed by atoms with Crippen molar-refractivity contribution in [3.05, 3.63) is 76.9 Å². The first-order valence-electron chi connectivity index (χ1n) is 11.1. The molecule has 2 heterocycles. The van der Waals surface area contributed by atoms with Crippen molar-refractivity contribution in [2.45, 2.75) is 53.0 Å². The summed E-state index contributed by atoms with van der Waals surface area (Å²) in [6, 6.07) is 15.2. The number of carboxylic acids is 1. The molecule has 0 unspecified atom stereocenters. The van der Waals surface area contributed by atoms with Crippen LogP contribution in [0.15, 0.2) is 48.5 Å². The van der Waals surface area contributed by atoms with Gasteiger partial charge in [-0.1, -0.05) is 70.2 Å². The number of aromatic carboxylic acids is 1. The van der Waals surface area contributed by atoms with Gasteiger partial charge < -0.3 is 9.67 Å². The van der Waals surface area contributed by atoms with Crippen molar-refractivity contribution in [1.82, 2.24) is 19.7 Å². The number of rotatable bonds is 7. The summed E-state index contributed by atoms with van der Waals surface area (Å²) in [5, 5.41) is 18.4. The first-order valence-corrected chi connectivity index (χ1v) is 11.1. The van der Waals surface area contributed by atoms with E-state index in [9.17, 15) is 9.90 Å². The van der Waals surface area contributed by atoms with Crippen LogP contribution in [0, 0.1) is 0 Å². The summed E-state index contributed by atoms with van der Waals surface area (Å²) in [7, 11) is 0. The molecule has 0 spiro atoms. The van der Waals surface area contributed by atoms with Crippen LogP contribution in [0.4, 0.5) is 0 Å². The average molecular weight is 429 g/mol. The van der Waals surface area contributed by atoms with E-state index in [0.717, 1.165) is 57.8 Å². The predicted octanol–water partition coefficient (Wildman–Crippen LogP) is 5.49. The Kier molecular flexibility index (Phi) is 6.04. The summed E-state index contributed by atoms with van der Waals surface area (Å²) in [6.07, 6.45) is 1.58. The van der Waals surface area contributed by atoms with Crippen LogP contribution in [0.1, 0.15) is 66.7 Å². The van der Waals surface area contributed by atoms with Crippen LogP contribution < -0.4 is 0 Å². The molecule has 0 bridgehead atoms. The Hall–Kier alpha value is -3.54. The molecule has 0 amide bonds. The van der Waals surface area contributed by atoms with Crippen molar-refractivity contribution in [2.24, 2.45) is 0 Å². The molecule has 2 aromatic heterocycles. The minimum absolute atomic E-state index is 0.263. The third kappa shape index (κ3) is 3.88. The first-order chi connectivity index (χ1) is 15.4. The number of benzene rings is 2. The van der Waals surface area contributed by atoms with Crippen LogP contribution >= 0.6 is 0 Å². The molecule has 0 radical (unpaired) electrons. The van der Waals surface area contributed by atoms with Crippen molar-refractivity contribution < 1.29 is 9.90 Å². The lowest BCUT2D eigenvalue weighted by Crippen LogP contribution is -2.09. The summed E-state index contributed by atoms with van der Waals surface area (Å²) in [6.45, 7) is 9.16. The zero-order valence-electron chi connectivity index (χ0n) is 19.0. The SMILES string of the molecule is CCc1nnc(CC)c2c1nc(C(C)C)n2Cc1ccc(-c2ccccc2C(=O)O)cc1. The van der Waals surface area contributed by atoms with Crippen LogP contribution in [0.3, 0.4) is 0 Å². The molecule has 32 heavy (non-hydrogen) atoms. The van der Waals surface area contributed by atoms with Crippen LogP contribution in [0.5, 0.6) is 0 Å². The minimum Gasteiger partial charge on any atom is -0.478 e. The molecular weight excluding hydrogens is 400 g/mol. The Morgan fingerprint density at radius 1 is 0.969 bits per heavy atom. The summed E-state index contributed by atoms with van der Waals surface area (Å²) in [5.74, 6) is 0.370. The fraction of sp³-hybridized carbons (Fsp3) is 0.308. The summed E-state index contributed by atoms with van der Waals surface area (Å²) in [4.78, 5) is 16.6. The van der Waals surface area contributed by atoms with E-state index in [1.165, 1.54) is 0 Å². The van der Waals surface area contributed by atoms with Gasteiger partial charge in [0.05, 0.1) is 22.5 Å². The van der Waals surface area contributed by atoms with E-state index in [4.69, 9.17) is 4.98 Å². The van der Waals surface area contributed by atoms with Crippen molar-refractivity contribution in [1.29, 1.82) is 0 Å². The predicted molar refractivity (Wildman–Crippen MR) is 126 cm³/mol. The third-order valence-corrected chi connectivity index (χ3v) is 5.78. The maximum Gasteiger partial charge on any atom is 0.336 e. The fourth-order valence-corrected chi connectivity index (χ4v) is 4.15. The highest BCUT2D eigenvalue weighted by Crippen LogP contribution is 2.28. The smallest absolute Gasteiger partial charge is 0.336 e. The van der Waals surface area contributed by atoms with E-state index < -0.39 is 5.97 Å². The molecule has 164 valence electrons. The quantitative estimate of drug-likeness (QED) is 0.421. The topological polar surface area (TPSA) is 80.9 Å². The number of imidazole rings is 1. The van der Waals surface area contributed by atoms with Gasteiger partial charge in [0.2, 0.25) is 0 Å². The largest absolute Gasteiger partial charge is 0.478 e. The average Bonchev–Trinajstić information content (AvgIpc) is 3.18. The summed E-state index contributed by atoms with van der Waals surface area (Å²) in [5.41, 5.74) is 6.96. The monoisotopic (exact) mass is 428 g/mol. The molecule has 4 aromatic rings. The number of carboxylic acid groups (broad SMARTS) is 1. The molecule has 2 aromatic carbocycles. The highest BCUT2D eigenvalue weighted by molar-refractivity contribution is 5.96. The molecule has 0 atom stereocenters. The van der Waals surface area contributed by atoms with E-state index >= 15 is 0 Å². The lowest BCUT2D eigenvalue weighted by molar-refractivity contribution is 0.0697. The Labute approximate surface area is 188 Å². The Balaban J connectivity index is 1.77.